The van der Waals surface area contributed by atoms with Crippen LogP contribution >= 0.6 is 0 Å². The number of hydrogen-bond donors (Lipinski definition) is 0. The SMILES string of the molecule is CN(Cc1nc(-c2ccccc2)no1)C(=O)CN(Cc1ccccc1)S(C)(=O)=O. The lowest BCUT2D eigenvalue weighted by atomic mass is 10.2. The van der Waals surface area contributed by atoms with Crippen molar-refractivity contribution in [2.45, 2.75) is 13.1 Å². The van der Waals surface area contributed by atoms with Gasteiger partial charge in [-0.15, -0.1) is 0 Å². The van der Waals surface area contributed by atoms with Gasteiger partial charge in [0.15, 0.2) is 0 Å². The van der Waals surface area contributed by atoms with Gasteiger partial charge in [-0.05, 0) is 5.56 Å². The number of rotatable bonds is 8. The number of carbonyl (C=O) groups is 1. The lowest BCUT2D eigenvalue weighted by Gasteiger charge is -2.22. The molecule has 0 atom stereocenters. The second-order valence-electron chi connectivity index (χ2n) is 6.64. The topological polar surface area (TPSA) is 96.6 Å². The standard InChI is InChI=1S/C20H22N4O4S/c1-23(14-18-21-20(22-28-18)17-11-7-4-8-12-17)19(25)15-24(29(2,26)27)13-16-9-5-3-6-10-16/h3-12H,13-15H2,1-2H3. The van der Waals surface area contributed by atoms with Crippen molar-refractivity contribution in [3.05, 3.63) is 72.1 Å². The van der Waals surface area contributed by atoms with Crippen LogP contribution in [0.1, 0.15) is 11.5 Å². The molecule has 152 valence electrons. The highest BCUT2D eigenvalue weighted by molar-refractivity contribution is 7.88. The second kappa shape index (κ2) is 8.97. The molecule has 3 aromatic rings. The minimum Gasteiger partial charge on any atom is -0.337 e. The number of amides is 1. The first kappa shape index (κ1) is 20.7. The number of aromatic nitrogens is 2. The van der Waals surface area contributed by atoms with Crippen LogP contribution < -0.4 is 0 Å². The molecule has 8 nitrogen and oxygen atoms in total. The summed E-state index contributed by atoms with van der Waals surface area (Å²) >= 11 is 0. The molecule has 1 heterocycles. The molecular formula is C20H22N4O4S. The van der Waals surface area contributed by atoms with Gasteiger partial charge in [0.2, 0.25) is 27.6 Å². The van der Waals surface area contributed by atoms with Gasteiger partial charge in [-0.3, -0.25) is 4.79 Å². The molecule has 0 aliphatic rings. The van der Waals surface area contributed by atoms with E-state index in [0.717, 1.165) is 21.7 Å². The van der Waals surface area contributed by atoms with Crippen LogP contribution in [0.3, 0.4) is 0 Å². The molecule has 3 rings (SSSR count). The van der Waals surface area contributed by atoms with E-state index in [4.69, 9.17) is 4.52 Å². The Hall–Kier alpha value is -3.04. The van der Waals surface area contributed by atoms with Gasteiger partial charge in [0.1, 0.15) is 0 Å². The van der Waals surface area contributed by atoms with Gasteiger partial charge in [-0.2, -0.15) is 9.29 Å². The third-order valence-corrected chi connectivity index (χ3v) is 5.48. The molecule has 9 heteroatoms. The van der Waals surface area contributed by atoms with Crippen LogP contribution in [0.2, 0.25) is 0 Å². The molecule has 1 amide bonds. The van der Waals surface area contributed by atoms with Crippen molar-refractivity contribution in [3.8, 4) is 11.4 Å². The van der Waals surface area contributed by atoms with Gasteiger partial charge in [0.05, 0.1) is 19.3 Å². The fourth-order valence-electron chi connectivity index (χ4n) is 2.66. The predicted octanol–water partition coefficient (Wildman–Crippen LogP) is 2.16. The highest BCUT2D eigenvalue weighted by Crippen LogP contribution is 2.15. The maximum absolute atomic E-state index is 12.6. The molecular weight excluding hydrogens is 392 g/mol. The summed E-state index contributed by atoms with van der Waals surface area (Å²) in [7, 11) is -1.99. The number of nitrogens with zero attached hydrogens (tertiary/aromatic N) is 4. The van der Waals surface area contributed by atoms with Gasteiger partial charge in [0, 0.05) is 19.2 Å². The molecule has 0 aliphatic carbocycles. The monoisotopic (exact) mass is 414 g/mol. The fourth-order valence-corrected chi connectivity index (χ4v) is 3.39. The zero-order valence-electron chi connectivity index (χ0n) is 16.2. The molecule has 0 spiro atoms. The third kappa shape index (κ3) is 5.72. The van der Waals surface area contributed by atoms with E-state index in [1.807, 2.05) is 60.7 Å². The number of likely N-dealkylation sites (N-methyl/N-ethyl adjacent to an activating group) is 1. The van der Waals surface area contributed by atoms with Crippen LogP contribution in [0.25, 0.3) is 11.4 Å². The zero-order chi connectivity index (χ0) is 20.9. The molecule has 1 aromatic heterocycles. The van der Waals surface area contributed by atoms with Crippen molar-refractivity contribution >= 4 is 15.9 Å². The van der Waals surface area contributed by atoms with Gasteiger partial charge >= 0.3 is 0 Å². The Kier molecular flexibility index (Phi) is 6.40. The van der Waals surface area contributed by atoms with Crippen molar-refractivity contribution in [3.63, 3.8) is 0 Å². The van der Waals surface area contributed by atoms with Crippen LogP contribution in [0.15, 0.2) is 65.2 Å². The maximum atomic E-state index is 12.6. The molecule has 0 fully saturated rings. The Morgan fingerprint density at radius 2 is 1.62 bits per heavy atom. The van der Waals surface area contributed by atoms with Gasteiger partial charge in [-0.1, -0.05) is 65.8 Å². The van der Waals surface area contributed by atoms with Crippen LogP contribution in [0, 0.1) is 0 Å². The molecule has 0 N–H and O–H groups in total. The molecule has 0 radical (unpaired) electrons. The Balaban J connectivity index is 1.65. The van der Waals surface area contributed by atoms with E-state index in [-0.39, 0.29) is 31.4 Å². The van der Waals surface area contributed by atoms with E-state index in [2.05, 4.69) is 10.1 Å². The van der Waals surface area contributed by atoms with Gasteiger partial charge < -0.3 is 9.42 Å². The van der Waals surface area contributed by atoms with Crippen LogP contribution in [-0.2, 0) is 27.9 Å². The quantitative estimate of drug-likeness (QED) is 0.560. The van der Waals surface area contributed by atoms with Crippen molar-refractivity contribution in [2.75, 3.05) is 19.8 Å². The largest absolute Gasteiger partial charge is 0.337 e. The Morgan fingerprint density at radius 3 is 2.24 bits per heavy atom. The molecule has 2 aromatic carbocycles. The summed E-state index contributed by atoms with van der Waals surface area (Å²) in [5.74, 6) is 0.336. The second-order valence-corrected chi connectivity index (χ2v) is 8.63. The Bertz CT molecular complexity index is 1050. The summed E-state index contributed by atoms with van der Waals surface area (Å²) in [6.45, 7) is -0.0660. The van der Waals surface area contributed by atoms with Crippen LogP contribution in [0.5, 0.6) is 0 Å². The number of benzene rings is 2. The molecule has 0 aliphatic heterocycles. The molecule has 0 bridgehead atoms. The highest BCUT2D eigenvalue weighted by atomic mass is 32.2. The number of carbonyl (C=O) groups excluding carboxylic acids is 1. The van der Waals surface area contributed by atoms with Crippen LogP contribution in [0.4, 0.5) is 0 Å². The average Bonchev–Trinajstić information content (AvgIpc) is 3.16. The first-order chi connectivity index (χ1) is 13.8. The summed E-state index contributed by atoms with van der Waals surface area (Å²) < 4.78 is 30.6. The van der Waals surface area contributed by atoms with Crippen molar-refractivity contribution in [1.29, 1.82) is 0 Å². The summed E-state index contributed by atoms with van der Waals surface area (Å²) in [6.07, 6.45) is 1.09. The first-order valence-corrected chi connectivity index (χ1v) is 10.8. The molecule has 0 unspecified atom stereocenters. The van der Waals surface area contributed by atoms with E-state index in [0.29, 0.717) is 5.82 Å². The normalized spacial score (nSPS) is 11.6. The maximum Gasteiger partial charge on any atom is 0.246 e. The molecule has 29 heavy (non-hydrogen) atoms. The summed E-state index contributed by atoms with van der Waals surface area (Å²) in [5, 5.41) is 3.92. The third-order valence-electron chi connectivity index (χ3n) is 4.28. The minimum atomic E-state index is -3.56. The minimum absolute atomic E-state index is 0.0849. The van der Waals surface area contributed by atoms with Gasteiger partial charge in [0.25, 0.3) is 0 Å². The molecule has 0 saturated heterocycles. The highest BCUT2D eigenvalue weighted by Gasteiger charge is 2.23. The average molecular weight is 414 g/mol. The zero-order valence-corrected chi connectivity index (χ0v) is 17.0. The van der Waals surface area contributed by atoms with E-state index in [1.54, 1.807) is 7.05 Å². The predicted molar refractivity (Wildman–Crippen MR) is 108 cm³/mol. The van der Waals surface area contributed by atoms with Gasteiger partial charge in [-0.25, -0.2) is 8.42 Å². The Morgan fingerprint density at radius 1 is 1.00 bits per heavy atom. The first-order valence-electron chi connectivity index (χ1n) is 8.94. The molecule has 0 saturated carbocycles. The van der Waals surface area contributed by atoms with E-state index in [9.17, 15) is 13.2 Å². The van der Waals surface area contributed by atoms with E-state index < -0.39 is 10.0 Å². The number of hydrogen-bond acceptors (Lipinski definition) is 6. The Labute approximate surface area is 169 Å². The van der Waals surface area contributed by atoms with Crippen molar-refractivity contribution in [1.82, 2.24) is 19.3 Å². The van der Waals surface area contributed by atoms with Crippen molar-refractivity contribution in [2.24, 2.45) is 0 Å². The van der Waals surface area contributed by atoms with E-state index in [1.165, 1.54) is 4.90 Å². The van der Waals surface area contributed by atoms with Crippen LogP contribution in [-0.4, -0.2) is 53.5 Å². The fraction of sp³-hybridized carbons (Fsp3) is 0.250. The summed E-state index contributed by atoms with van der Waals surface area (Å²) in [6, 6.07) is 18.5. The lowest BCUT2D eigenvalue weighted by Crippen LogP contribution is -2.40. The number of sulfonamides is 1. The summed E-state index contributed by atoms with van der Waals surface area (Å²) in [5.41, 5.74) is 1.61. The van der Waals surface area contributed by atoms with E-state index >= 15 is 0 Å². The smallest absolute Gasteiger partial charge is 0.246 e. The van der Waals surface area contributed by atoms with Crippen molar-refractivity contribution < 1.29 is 17.7 Å². The lowest BCUT2D eigenvalue weighted by molar-refractivity contribution is -0.131. The summed E-state index contributed by atoms with van der Waals surface area (Å²) in [4.78, 5) is 18.3.